The fraction of sp³-hybridized carbons (Fsp3) is 0.200. The van der Waals surface area contributed by atoms with Crippen LogP contribution in [0.3, 0.4) is 0 Å². The fourth-order valence-corrected chi connectivity index (χ4v) is 2.52. The van der Waals surface area contributed by atoms with Crippen LogP contribution in [0.2, 0.25) is 0 Å². The third kappa shape index (κ3) is 3.74. The predicted octanol–water partition coefficient (Wildman–Crippen LogP) is 0.808. The number of nitrogens with zero attached hydrogens (tertiary/aromatic N) is 1. The molecule has 0 bridgehead atoms. The SMILES string of the molecule is O=C1NC(=O)C(C(=O)Nc2ccc(-c3cn[nH]c3C(F)(F)F)cc2)C(O)N1. The number of nitrogens with one attached hydrogen (secondary N) is 4. The molecule has 1 fully saturated rings. The summed E-state index contributed by atoms with van der Waals surface area (Å²) in [7, 11) is 0. The second kappa shape index (κ2) is 6.72. The normalized spacial score (nSPS) is 20.0. The standard InChI is InChI=1S/C15H12F3N5O4/c16-15(17,18)10-8(5-19-23-10)6-1-3-7(4-2-6)20-11(24)9-12(25)21-14(27)22-13(9)26/h1-5,9,12,25H,(H,19,23)(H,20,24)(H2,21,22,26,27). The molecule has 1 saturated heterocycles. The summed E-state index contributed by atoms with van der Waals surface area (Å²) in [6, 6.07) is 4.38. The van der Waals surface area contributed by atoms with E-state index < -0.39 is 41.9 Å². The first-order valence-electron chi connectivity index (χ1n) is 7.48. The molecule has 9 nitrogen and oxygen atoms in total. The van der Waals surface area contributed by atoms with Gasteiger partial charge in [-0.2, -0.15) is 18.3 Å². The Hall–Kier alpha value is -3.41. The minimum atomic E-state index is -4.60. The van der Waals surface area contributed by atoms with Crippen molar-refractivity contribution in [3.8, 4) is 11.1 Å². The van der Waals surface area contributed by atoms with Crippen LogP contribution >= 0.6 is 0 Å². The van der Waals surface area contributed by atoms with Crippen molar-refractivity contribution in [1.29, 1.82) is 0 Å². The van der Waals surface area contributed by atoms with Crippen LogP contribution in [0.25, 0.3) is 11.1 Å². The van der Waals surface area contributed by atoms with E-state index in [2.05, 4.69) is 10.4 Å². The number of H-pyrrole nitrogens is 1. The molecule has 0 saturated carbocycles. The Bertz CT molecular complexity index is 894. The summed E-state index contributed by atoms with van der Waals surface area (Å²) in [5, 5.41) is 21.1. The van der Waals surface area contributed by atoms with E-state index in [1.807, 2.05) is 15.7 Å². The number of imide groups is 1. The molecule has 2 unspecified atom stereocenters. The van der Waals surface area contributed by atoms with Gasteiger partial charge in [0, 0.05) is 11.3 Å². The van der Waals surface area contributed by atoms with Crippen LogP contribution in [-0.4, -0.2) is 39.4 Å². The highest BCUT2D eigenvalue weighted by Gasteiger charge is 2.40. The number of alkyl halides is 3. The first kappa shape index (κ1) is 18.4. The van der Waals surface area contributed by atoms with E-state index in [1.54, 1.807) is 0 Å². The van der Waals surface area contributed by atoms with E-state index in [1.165, 1.54) is 24.3 Å². The zero-order chi connectivity index (χ0) is 19.8. The zero-order valence-corrected chi connectivity index (χ0v) is 13.3. The monoisotopic (exact) mass is 383 g/mol. The van der Waals surface area contributed by atoms with Gasteiger partial charge in [-0.25, -0.2) is 4.79 Å². The van der Waals surface area contributed by atoms with Crippen LogP contribution in [-0.2, 0) is 15.8 Å². The number of urea groups is 1. The highest BCUT2D eigenvalue weighted by Crippen LogP contribution is 2.35. The molecule has 0 radical (unpaired) electrons. The van der Waals surface area contributed by atoms with Gasteiger partial charge in [0.1, 0.15) is 11.9 Å². The molecule has 1 aliphatic heterocycles. The molecule has 1 aliphatic rings. The van der Waals surface area contributed by atoms with Gasteiger partial charge in [-0.15, -0.1) is 0 Å². The summed E-state index contributed by atoms with van der Waals surface area (Å²) in [5.41, 5.74) is -0.781. The van der Waals surface area contributed by atoms with E-state index in [-0.39, 0.29) is 16.8 Å². The molecule has 5 N–H and O–H groups in total. The third-order valence-electron chi connectivity index (χ3n) is 3.78. The van der Waals surface area contributed by atoms with Crippen molar-refractivity contribution in [3.05, 3.63) is 36.2 Å². The van der Waals surface area contributed by atoms with E-state index >= 15 is 0 Å². The number of hydrogen-bond acceptors (Lipinski definition) is 5. The molecule has 2 heterocycles. The van der Waals surface area contributed by atoms with Crippen LogP contribution in [0.15, 0.2) is 30.5 Å². The van der Waals surface area contributed by atoms with Gasteiger partial charge in [0.05, 0.1) is 6.20 Å². The molecule has 2 atom stereocenters. The molecule has 1 aromatic carbocycles. The number of rotatable bonds is 3. The first-order chi connectivity index (χ1) is 12.7. The largest absolute Gasteiger partial charge is 0.433 e. The molecule has 2 aromatic rings. The minimum Gasteiger partial charge on any atom is -0.372 e. The highest BCUT2D eigenvalue weighted by atomic mass is 19.4. The second-order valence-corrected chi connectivity index (χ2v) is 5.61. The average molecular weight is 383 g/mol. The third-order valence-corrected chi connectivity index (χ3v) is 3.78. The summed E-state index contributed by atoms with van der Waals surface area (Å²) >= 11 is 0. The Labute approximate surface area is 148 Å². The van der Waals surface area contributed by atoms with Gasteiger partial charge in [-0.1, -0.05) is 12.1 Å². The van der Waals surface area contributed by atoms with Crippen molar-refractivity contribution in [3.63, 3.8) is 0 Å². The lowest BCUT2D eigenvalue weighted by Crippen LogP contribution is -2.61. The topological polar surface area (TPSA) is 136 Å². The molecule has 142 valence electrons. The number of amides is 4. The molecular formula is C15H12F3N5O4. The molecule has 4 amide bonds. The molecule has 27 heavy (non-hydrogen) atoms. The van der Waals surface area contributed by atoms with Crippen LogP contribution in [0.1, 0.15) is 5.69 Å². The van der Waals surface area contributed by atoms with Crippen LogP contribution in [0, 0.1) is 5.92 Å². The number of halogens is 3. The number of aromatic amines is 1. The van der Waals surface area contributed by atoms with Crippen molar-refractivity contribution < 1.29 is 32.7 Å². The lowest BCUT2D eigenvalue weighted by Gasteiger charge is -2.26. The number of aliphatic hydroxyl groups is 1. The quantitative estimate of drug-likeness (QED) is 0.500. The van der Waals surface area contributed by atoms with Crippen LogP contribution in [0.5, 0.6) is 0 Å². The smallest absolute Gasteiger partial charge is 0.372 e. The van der Waals surface area contributed by atoms with Crippen molar-refractivity contribution in [2.75, 3.05) is 5.32 Å². The van der Waals surface area contributed by atoms with Gasteiger partial charge >= 0.3 is 12.2 Å². The zero-order valence-electron chi connectivity index (χ0n) is 13.3. The second-order valence-electron chi connectivity index (χ2n) is 5.61. The lowest BCUT2D eigenvalue weighted by molar-refractivity contribution is -0.141. The van der Waals surface area contributed by atoms with Gasteiger partial charge in [0.2, 0.25) is 11.8 Å². The lowest BCUT2D eigenvalue weighted by atomic mass is 10.0. The number of aromatic nitrogens is 2. The number of carbonyl (C=O) groups is 3. The summed E-state index contributed by atoms with van der Waals surface area (Å²) in [6.45, 7) is 0. The van der Waals surface area contributed by atoms with Gasteiger partial charge in [-0.3, -0.25) is 20.0 Å². The Morgan fingerprint density at radius 3 is 2.44 bits per heavy atom. The van der Waals surface area contributed by atoms with Gasteiger partial charge in [-0.05, 0) is 17.7 Å². The van der Waals surface area contributed by atoms with Crippen LogP contribution < -0.4 is 16.0 Å². The molecule has 0 aliphatic carbocycles. The van der Waals surface area contributed by atoms with Gasteiger partial charge in [0.25, 0.3) is 0 Å². The average Bonchev–Trinajstić information content (AvgIpc) is 3.04. The Balaban J connectivity index is 1.75. The van der Waals surface area contributed by atoms with Crippen molar-refractivity contribution in [2.24, 2.45) is 5.92 Å². The number of anilines is 1. The predicted molar refractivity (Wildman–Crippen MR) is 83.8 cm³/mol. The van der Waals surface area contributed by atoms with Crippen molar-refractivity contribution >= 4 is 23.5 Å². The summed E-state index contributed by atoms with van der Waals surface area (Å²) in [5.74, 6) is -3.45. The molecule has 0 spiro atoms. The van der Waals surface area contributed by atoms with E-state index in [9.17, 15) is 32.7 Å². The Kier molecular flexibility index (Phi) is 4.57. The molecular weight excluding hydrogens is 371 g/mol. The van der Waals surface area contributed by atoms with Gasteiger partial charge in [0.15, 0.2) is 5.92 Å². The van der Waals surface area contributed by atoms with Gasteiger partial charge < -0.3 is 15.7 Å². The maximum absolute atomic E-state index is 12.9. The summed E-state index contributed by atoms with van der Waals surface area (Å²) < 4.78 is 38.7. The first-order valence-corrected chi connectivity index (χ1v) is 7.48. The van der Waals surface area contributed by atoms with E-state index in [4.69, 9.17) is 0 Å². The number of hydrogen-bond donors (Lipinski definition) is 5. The van der Waals surface area contributed by atoms with E-state index in [0.717, 1.165) is 6.20 Å². The maximum Gasteiger partial charge on any atom is 0.433 e. The van der Waals surface area contributed by atoms with Crippen LogP contribution in [0.4, 0.5) is 23.7 Å². The number of carbonyl (C=O) groups excluding carboxylic acids is 3. The summed E-state index contributed by atoms with van der Waals surface area (Å²) in [4.78, 5) is 34.9. The minimum absolute atomic E-state index is 0.162. The molecule has 3 rings (SSSR count). The highest BCUT2D eigenvalue weighted by molar-refractivity contribution is 6.12. The van der Waals surface area contributed by atoms with E-state index in [0.29, 0.717) is 0 Å². The van der Waals surface area contributed by atoms with Crippen molar-refractivity contribution in [1.82, 2.24) is 20.8 Å². The Morgan fingerprint density at radius 1 is 1.19 bits per heavy atom. The maximum atomic E-state index is 12.9. The number of benzene rings is 1. The molecule has 1 aromatic heterocycles. The van der Waals surface area contributed by atoms with Crippen molar-refractivity contribution in [2.45, 2.75) is 12.4 Å². The fourth-order valence-electron chi connectivity index (χ4n) is 2.52. The number of aliphatic hydroxyl groups excluding tert-OH is 1. The Morgan fingerprint density at radius 2 is 1.85 bits per heavy atom. The molecule has 12 heteroatoms. The summed E-state index contributed by atoms with van der Waals surface area (Å²) in [6.07, 6.45) is -5.28.